The lowest BCUT2D eigenvalue weighted by Gasteiger charge is -2.32. The smallest absolute Gasteiger partial charge is 0.319 e. The molecule has 112 valence electrons. The number of nitrogens with one attached hydrogen (secondary N) is 2. The highest BCUT2D eigenvalue weighted by atomic mass is 35.5. The SMILES string of the molecule is O=C(Nc1ccsc1Cl)NC1CCN(c2nccs2)CC1. The number of aromatic nitrogens is 1. The van der Waals surface area contributed by atoms with Crippen molar-refractivity contribution in [3.05, 3.63) is 27.4 Å². The van der Waals surface area contributed by atoms with Crippen LogP contribution in [-0.4, -0.2) is 30.1 Å². The van der Waals surface area contributed by atoms with Crippen molar-refractivity contribution < 1.29 is 4.79 Å². The highest BCUT2D eigenvalue weighted by molar-refractivity contribution is 7.15. The Kier molecular flexibility index (Phi) is 4.62. The summed E-state index contributed by atoms with van der Waals surface area (Å²) >= 11 is 9.02. The average Bonchev–Trinajstić information content (AvgIpc) is 3.12. The fourth-order valence-electron chi connectivity index (χ4n) is 2.31. The molecule has 3 rings (SSSR count). The highest BCUT2D eigenvalue weighted by Crippen LogP contribution is 2.27. The first-order valence-electron chi connectivity index (χ1n) is 6.67. The number of thiazole rings is 1. The fourth-order valence-corrected chi connectivity index (χ4v) is 3.84. The van der Waals surface area contributed by atoms with Crippen LogP contribution in [0, 0.1) is 0 Å². The van der Waals surface area contributed by atoms with Crippen LogP contribution in [-0.2, 0) is 0 Å². The second-order valence-electron chi connectivity index (χ2n) is 4.78. The van der Waals surface area contributed by atoms with E-state index in [-0.39, 0.29) is 12.1 Å². The molecule has 1 fully saturated rings. The number of halogens is 1. The molecule has 2 aromatic heterocycles. The molecule has 2 aromatic rings. The maximum atomic E-state index is 11.9. The van der Waals surface area contributed by atoms with E-state index in [4.69, 9.17) is 11.6 Å². The van der Waals surface area contributed by atoms with E-state index in [1.54, 1.807) is 17.4 Å². The molecule has 0 unspecified atom stereocenters. The van der Waals surface area contributed by atoms with Gasteiger partial charge in [-0.05, 0) is 24.3 Å². The molecule has 0 aromatic carbocycles. The molecule has 0 aliphatic carbocycles. The van der Waals surface area contributed by atoms with Gasteiger partial charge in [0.25, 0.3) is 0 Å². The molecule has 0 spiro atoms. The van der Waals surface area contributed by atoms with Gasteiger partial charge in [-0.25, -0.2) is 9.78 Å². The number of urea groups is 1. The molecular weight excluding hydrogens is 328 g/mol. The van der Waals surface area contributed by atoms with E-state index in [1.165, 1.54) is 11.3 Å². The first-order chi connectivity index (χ1) is 10.2. The van der Waals surface area contributed by atoms with Crippen molar-refractivity contribution in [3.8, 4) is 0 Å². The van der Waals surface area contributed by atoms with E-state index in [9.17, 15) is 4.79 Å². The molecule has 2 N–H and O–H groups in total. The Bertz CT molecular complexity index is 593. The summed E-state index contributed by atoms with van der Waals surface area (Å²) in [6, 6.07) is 1.80. The molecule has 21 heavy (non-hydrogen) atoms. The Morgan fingerprint density at radius 2 is 2.14 bits per heavy atom. The van der Waals surface area contributed by atoms with Crippen molar-refractivity contribution >= 4 is 51.1 Å². The van der Waals surface area contributed by atoms with Crippen LogP contribution < -0.4 is 15.5 Å². The summed E-state index contributed by atoms with van der Waals surface area (Å²) in [4.78, 5) is 18.5. The molecule has 0 bridgehead atoms. The quantitative estimate of drug-likeness (QED) is 0.895. The molecule has 8 heteroatoms. The molecule has 0 saturated carbocycles. The van der Waals surface area contributed by atoms with Gasteiger partial charge in [0.1, 0.15) is 4.34 Å². The lowest BCUT2D eigenvalue weighted by atomic mass is 10.1. The number of hydrogen-bond donors (Lipinski definition) is 2. The Labute approximate surface area is 135 Å². The van der Waals surface area contributed by atoms with E-state index >= 15 is 0 Å². The van der Waals surface area contributed by atoms with Crippen LogP contribution in [0.4, 0.5) is 15.6 Å². The van der Waals surface area contributed by atoms with Crippen LogP contribution in [0.5, 0.6) is 0 Å². The zero-order chi connectivity index (χ0) is 14.7. The van der Waals surface area contributed by atoms with Crippen LogP contribution in [0.15, 0.2) is 23.0 Å². The zero-order valence-corrected chi connectivity index (χ0v) is 13.6. The van der Waals surface area contributed by atoms with Gasteiger partial charge in [-0.15, -0.1) is 22.7 Å². The maximum Gasteiger partial charge on any atom is 0.319 e. The van der Waals surface area contributed by atoms with E-state index in [2.05, 4.69) is 20.5 Å². The van der Waals surface area contributed by atoms with Crippen LogP contribution in [0.1, 0.15) is 12.8 Å². The van der Waals surface area contributed by atoms with Crippen molar-refractivity contribution in [3.63, 3.8) is 0 Å². The van der Waals surface area contributed by atoms with Crippen molar-refractivity contribution in [2.75, 3.05) is 23.3 Å². The lowest BCUT2D eigenvalue weighted by Crippen LogP contribution is -2.46. The molecule has 1 aliphatic heterocycles. The topological polar surface area (TPSA) is 57.3 Å². The summed E-state index contributed by atoms with van der Waals surface area (Å²) < 4.78 is 0.601. The Morgan fingerprint density at radius 3 is 2.76 bits per heavy atom. The largest absolute Gasteiger partial charge is 0.348 e. The monoisotopic (exact) mass is 342 g/mol. The predicted octanol–water partition coefficient (Wildman–Crippen LogP) is 3.65. The number of rotatable bonds is 3. The normalized spacial score (nSPS) is 16.0. The van der Waals surface area contributed by atoms with E-state index in [0.29, 0.717) is 10.0 Å². The number of anilines is 2. The minimum Gasteiger partial charge on any atom is -0.348 e. The molecular formula is C13H15ClN4OS2. The third-order valence-corrected chi connectivity index (χ3v) is 5.39. The van der Waals surface area contributed by atoms with Gasteiger partial charge in [-0.3, -0.25) is 0 Å². The molecule has 0 atom stereocenters. The second kappa shape index (κ2) is 6.64. The lowest BCUT2D eigenvalue weighted by molar-refractivity contribution is 0.246. The average molecular weight is 343 g/mol. The Morgan fingerprint density at radius 1 is 1.33 bits per heavy atom. The summed E-state index contributed by atoms with van der Waals surface area (Å²) in [7, 11) is 0. The van der Waals surface area contributed by atoms with Gasteiger partial charge in [-0.2, -0.15) is 0 Å². The number of carbonyl (C=O) groups excluding carboxylic acids is 1. The Hall–Kier alpha value is -1.31. The summed E-state index contributed by atoms with van der Waals surface area (Å²) in [5, 5.41) is 10.7. The van der Waals surface area contributed by atoms with E-state index in [0.717, 1.165) is 31.1 Å². The van der Waals surface area contributed by atoms with E-state index < -0.39 is 0 Å². The first kappa shape index (κ1) is 14.6. The molecule has 1 saturated heterocycles. The molecule has 2 amide bonds. The van der Waals surface area contributed by atoms with E-state index in [1.807, 2.05) is 17.0 Å². The minimum atomic E-state index is -0.192. The van der Waals surface area contributed by atoms with Crippen molar-refractivity contribution in [2.45, 2.75) is 18.9 Å². The van der Waals surface area contributed by atoms with Crippen molar-refractivity contribution in [1.29, 1.82) is 0 Å². The summed E-state index contributed by atoms with van der Waals surface area (Å²) in [5.74, 6) is 0. The van der Waals surface area contributed by atoms with Crippen molar-refractivity contribution in [2.24, 2.45) is 0 Å². The van der Waals surface area contributed by atoms with Gasteiger partial charge in [-0.1, -0.05) is 11.6 Å². The standard InChI is InChI=1S/C13H15ClN4OS2/c14-11-10(3-7-20-11)17-12(19)16-9-1-5-18(6-2-9)13-15-4-8-21-13/h3-4,7-9H,1-2,5-6H2,(H2,16,17,19). The Balaban J connectivity index is 1.47. The molecule has 0 radical (unpaired) electrons. The van der Waals surface area contributed by atoms with Gasteiger partial charge in [0, 0.05) is 30.7 Å². The van der Waals surface area contributed by atoms with Crippen LogP contribution >= 0.6 is 34.3 Å². The molecule has 1 aliphatic rings. The number of carbonyl (C=O) groups is 1. The second-order valence-corrected chi connectivity index (χ2v) is 7.17. The summed E-state index contributed by atoms with van der Waals surface area (Å²) in [6.45, 7) is 1.83. The first-order valence-corrected chi connectivity index (χ1v) is 8.81. The summed E-state index contributed by atoms with van der Waals surface area (Å²) in [6.07, 6.45) is 3.66. The maximum absolute atomic E-state index is 11.9. The summed E-state index contributed by atoms with van der Waals surface area (Å²) in [5.41, 5.74) is 0.666. The van der Waals surface area contributed by atoms with Gasteiger partial charge in [0.15, 0.2) is 5.13 Å². The third kappa shape index (κ3) is 3.66. The predicted molar refractivity (Wildman–Crippen MR) is 88.8 cm³/mol. The van der Waals surface area contributed by atoms with Crippen LogP contribution in [0.25, 0.3) is 0 Å². The molecule has 5 nitrogen and oxygen atoms in total. The number of hydrogen-bond acceptors (Lipinski definition) is 5. The highest BCUT2D eigenvalue weighted by Gasteiger charge is 2.22. The number of amides is 2. The van der Waals surface area contributed by atoms with Gasteiger partial charge in [0.2, 0.25) is 0 Å². The van der Waals surface area contributed by atoms with Gasteiger partial charge < -0.3 is 15.5 Å². The number of thiophene rings is 1. The minimum absolute atomic E-state index is 0.192. The van der Waals surface area contributed by atoms with Crippen LogP contribution in [0.3, 0.4) is 0 Å². The van der Waals surface area contributed by atoms with Crippen LogP contribution in [0.2, 0.25) is 4.34 Å². The third-order valence-electron chi connectivity index (χ3n) is 3.39. The fraction of sp³-hybridized carbons (Fsp3) is 0.385. The van der Waals surface area contributed by atoms with Gasteiger partial charge in [0.05, 0.1) is 5.69 Å². The number of nitrogens with zero attached hydrogens (tertiary/aromatic N) is 2. The van der Waals surface area contributed by atoms with Gasteiger partial charge >= 0.3 is 6.03 Å². The van der Waals surface area contributed by atoms with Crippen molar-refractivity contribution in [1.82, 2.24) is 10.3 Å². The number of piperidine rings is 1. The zero-order valence-electron chi connectivity index (χ0n) is 11.2. The molecule has 3 heterocycles.